The third kappa shape index (κ3) is 3.69. The number of methoxy groups -OCH3 is 2. The first-order valence-corrected chi connectivity index (χ1v) is 7.48. The van der Waals surface area contributed by atoms with Gasteiger partial charge in [0.05, 0.1) is 6.10 Å². The molecule has 0 spiro atoms. The van der Waals surface area contributed by atoms with Crippen LogP contribution in [0, 0.1) is 11.8 Å². The van der Waals surface area contributed by atoms with Gasteiger partial charge in [-0.05, 0) is 57.4 Å². The average Bonchev–Trinajstić information content (AvgIpc) is 2.32. The summed E-state index contributed by atoms with van der Waals surface area (Å²) in [6.07, 6.45) is 7.03. The van der Waals surface area contributed by atoms with Crippen LogP contribution in [-0.2, 0) is 9.47 Å². The molecular weight excluding hydrogens is 226 g/mol. The van der Waals surface area contributed by atoms with Gasteiger partial charge in [-0.2, -0.15) is 0 Å². The Kier molecular flexibility index (Phi) is 5.46. The molecule has 0 amide bonds. The van der Waals surface area contributed by atoms with Crippen molar-refractivity contribution in [3.8, 4) is 0 Å². The van der Waals surface area contributed by atoms with E-state index in [1.54, 1.807) is 7.11 Å². The number of nitrogens with zero attached hydrogens (tertiary/aromatic N) is 1. The maximum absolute atomic E-state index is 5.36. The fourth-order valence-corrected chi connectivity index (χ4v) is 3.48. The zero-order valence-electron chi connectivity index (χ0n) is 12.2. The maximum Gasteiger partial charge on any atom is 0.0577 e. The molecule has 1 heterocycles. The fraction of sp³-hybridized carbons (Fsp3) is 1.00. The van der Waals surface area contributed by atoms with Crippen molar-refractivity contribution in [3.63, 3.8) is 0 Å². The first kappa shape index (κ1) is 14.3. The van der Waals surface area contributed by atoms with E-state index in [2.05, 4.69) is 11.8 Å². The van der Waals surface area contributed by atoms with Gasteiger partial charge in [0.25, 0.3) is 0 Å². The molecule has 0 aromatic rings. The highest BCUT2D eigenvalue weighted by Gasteiger charge is 2.33. The predicted molar refractivity (Wildman–Crippen MR) is 73.8 cm³/mol. The molecule has 1 saturated carbocycles. The second-order valence-electron chi connectivity index (χ2n) is 6.21. The normalized spacial score (nSPS) is 37.5. The van der Waals surface area contributed by atoms with Crippen LogP contribution in [-0.4, -0.2) is 51.0 Å². The lowest BCUT2D eigenvalue weighted by Crippen LogP contribution is -2.46. The van der Waals surface area contributed by atoms with Gasteiger partial charge >= 0.3 is 0 Å². The van der Waals surface area contributed by atoms with Gasteiger partial charge in [-0.15, -0.1) is 0 Å². The minimum Gasteiger partial charge on any atom is -0.385 e. The summed E-state index contributed by atoms with van der Waals surface area (Å²) in [5.74, 6) is 1.76. The third-order valence-electron chi connectivity index (χ3n) is 4.87. The lowest BCUT2D eigenvalue weighted by molar-refractivity contribution is -0.0217. The molecule has 2 fully saturated rings. The Labute approximate surface area is 112 Å². The summed E-state index contributed by atoms with van der Waals surface area (Å²) in [6.45, 7) is 5.89. The standard InChI is InChI=1S/C15H29NO2/c1-12-8-13(5-7-17-2)4-6-16(12)11-14-9-15(10-14)18-3/h12-15H,4-11H2,1-3H3/t12-,13+,14-,15-/m1/s1. The highest BCUT2D eigenvalue weighted by Crippen LogP contribution is 2.33. The average molecular weight is 255 g/mol. The van der Waals surface area contributed by atoms with Crippen molar-refractivity contribution in [3.05, 3.63) is 0 Å². The monoisotopic (exact) mass is 255 g/mol. The molecule has 2 aliphatic rings. The maximum atomic E-state index is 5.36. The molecule has 1 aliphatic carbocycles. The molecule has 0 bridgehead atoms. The Balaban J connectivity index is 1.66. The first-order valence-electron chi connectivity index (χ1n) is 7.48. The highest BCUT2D eigenvalue weighted by atomic mass is 16.5. The topological polar surface area (TPSA) is 21.7 Å². The van der Waals surface area contributed by atoms with E-state index < -0.39 is 0 Å². The Morgan fingerprint density at radius 2 is 1.89 bits per heavy atom. The third-order valence-corrected chi connectivity index (χ3v) is 4.87. The van der Waals surface area contributed by atoms with Crippen molar-refractivity contribution < 1.29 is 9.47 Å². The summed E-state index contributed by atoms with van der Waals surface area (Å²) in [7, 11) is 3.65. The largest absolute Gasteiger partial charge is 0.385 e. The molecule has 0 N–H and O–H groups in total. The van der Waals surface area contributed by atoms with Crippen LogP contribution < -0.4 is 0 Å². The van der Waals surface area contributed by atoms with E-state index in [9.17, 15) is 0 Å². The quantitative estimate of drug-likeness (QED) is 0.728. The molecule has 0 aromatic heterocycles. The Hall–Kier alpha value is -0.120. The summed E-state index contributed by atoms with van der Waals surface area (Å²) in [5.41, 5.74) is 0. The summed E-state index contributed by atoms with van der Waals surface area (Å²) >= 11 is 0. The number of piperidine rings is 1. The molecule has 3 nitrogen and oxygen atoms in total. The van der Waals surface area contributed by atoms with Crippen molar-refractivity contribution in [1.82, 2.24) is 4.90 Å². The molecule has 0 unspecified atom stereocenters. The van der Waals surface area contributed by atoms with Crippen molar-refractivity contribution in [2.75, 3.05) is 33.9 Å². The minimum atomic E-state index is 0.546. The van der Waals surface area contributed by atoms with Crippen LogP contribution >= 0.6 is 0 Å². The van der Waals surface area contributed by atoms with Gasteiger partial charge in [-0.3, -0.25) is 0 Å². The second-order valence-corrected chi connectivity index (χ2v) is 6.21. The summed E-state index contributed by atoms with van der Waals surface area (Å²) in [6, 6.07) is 0.752. The highest BCUT2D eigenvalue weighted by molar-refractivity contribution is 4.86. The second kappa shape index (κ2) is 6.88. The number of rotatable bonds is 6. The van der Waals surface area contributed by atoms with Crippen LogP contribution in [0.4, 0.5) is 0 Å². The Morgan fingerprint density at radius 3 is 2.50 bits per heavy atom. The SMILES string of the molecule is COCC[C@@H]1CCN(C[C@H]2C[C@H](OC)C2)[C@H](C)C1. The molecule has 3 heteroatoms. The fourth-order valence-electron chi connectivity index (χ4n) is 3.48. The predicted octanol–water partition coefficient (Wildman–Crippen LogP) is 2.55. The lowest BCUT2D eigenvalue weighted by atomic mass is 9.80. The van der Waals surface area contributed by atoms with Gasteiger partial charge in [-0.25, -0.2) is 0 Å². The van der Waals surface area contributed by atoms with E-state index in [1.807, 2.05) is 7.11 Å². The summed E-state index contributed by atoms with van der Waals surface area (Å²) < 4.78 is 10.6. The van der Waals surface area contributed by atoms with E-state index in [0.29, 0.717) is 6.10 Å². The number of ether oxygens (including phenoxy) is 2. The van der Waals surface area contributed by atoms with E-state index in [4.69, 9.17) is 9.47 Å². The molecule has 18 heavy (non-hydrogen) atoms. The van der Waals surface area contributed by atoms with E-state index in [0.717, 1.165) is 24.5 Å². The van der Waals surface area contributed by atoms with E-state index in [1.165, 1.54) is 45.2 Å². The van der Waals surface area contributed by atoms with Crippen molar-refractivity contribution in [2.45, 2.75) is 51.2 Å². The van der Waals surface area contributed by atoms with Crippen molar-refractivity contribution in [1.29, 1.82) is 0 Å². The Morgan fingerprint density at radius 1 is 1.11 bits per heavy atom. The van der Waals surface area contributed by atoms with E-state index >= 15 is 0 Å². The lowest BCUT2D eigenvalue weighted by Gasteiger charge is -2.43. The zero-order chi connectivity index (χ0) is 13.0. The van der Waals surface area contributed by atoms with Crippen LogP contribution in [0.15, 0.2) is 0 Å². The van der Waals surface area contributed by atoms with Crippen molar-refractivity contribution >= 4 is 0 Å². The van der Waals surface area contributed by atoms with Crippen LogP contribution in [0.3, 0.4) is 0 Å². The van der Waals surface area contributed by atoms with Crippen LogP contribution in [0.1, 0.15) is 39.0 Å². The molecule has 1 saturated heterocycles. The number of hydrogen-bond donors (Lipinski definition) is 0. The molecule has 1 aliphatic heterocycles. The summed E-state index contributed by atoms with van der Waals surface area (Å²) in [4.78, 5) is 2.69. The number of hydrogen-bond acceptors (Lipinski definition) is 3. The van der Waals surface area contributed by atoms with Gasteiger partial charge in [0.15, 0.2) is 0 Å². The molecule has 2 rings (SSSR count). The number of likely N-dealkylation sites (tertiary alicyclic amines) is 1. The van der Waals surface area contributed by atoms with E-state index in [-0.39, 0.29) is 0 Å². The van der Waals surface area contributed by atoms with Gasteiger partial charge in [-0.1, -0.05) is 0 Å². The van der Waals surface area contributed by atoms with Gasteiger partial charge in [0.2, 0.25) is 0 Å². The van der Waals surface area contributed by atoms with Crippen molar-refractivity contribution in [2.24, 2.45) is 11.8 Å². The smallest absolute Gasteiger partial charge is 0.0577 e. The van der Waals surface area contributed by atoms with Crippen LogP contribution in [0.2, 0.25) is 0 Å². The Bertz CT molecular complexity index is 241. The van der Waals surface area contributed by atoms with Crippen LogP contribution in [0.5, 0.6) is 0 Å². The molecular formula is C15H29NO2. The molecule has 0 aromatic carbocycles. The van der Waals surface area contributed by atoms with Gasteiger partial charge in [0, 0.05) is 33.4 Å². The molecule has 106 valence electrons. The molecule has 0 radical (unpaired) electrons. The summed E-state index contributed by atoms with van der Waals surface area (Å²) in [5, 5.41) is 0. The van der Waals surface area contributed by atoms with Gasteiger partial charge in [0.1, 0.15) is 0 Å². The first-order chi connectivity index (χ1) is 8.72. The van der Waals surface area contributed by atoms with Gasteiger partial charge < -0.3 is 14.4 Å². The molecule has 2 atom stereocenters. The minimum absolute atomic E-state index is 0.546. The van der Waals surface area contributed by atoms with Crippen LogP contribution in [0.25, 0.3) is 0 Å². The zero-order valence-corrected chi connectivity index (χ0v) is 12.2.